The van der Waals surface area contributed by atoms with E-state index in [0.29, 0.717) is 11.7 Å². The maximum atomic E-state index is 5.74. The van der Waals surface area contributed by atoms with Gasteiger partial charge in [-0.15, -0.1) is 0 Å². The van der Waals surface area contributed by atoms with E-state index in [1.54, 1.807) is 0 Å². The smallest absolute Gasteiger partial charge is 0.295 e. The standard InChI is InChI=1S/C17H19N3O/c1-12(7-8-13-5-3-2-4-6-13)19-17-20-15-11-14(18)9-10-16(15)21-17/h2-6,9-12H,7-8,18H2,1H3,(H,19,20). The largest absolute Gasteiger partial charge is 0.424 e. The Kier molecular flexibility index (Phi) is 3.77. The maximum absolute atomic E-state index is 5.74. The molecule has 21 heavy (non-hydrogen) atoms. The van der Waals surface area contributed by atoms with Gasteiger partial charge in [0.1, 0.15) is 5.52 Å². The molecule has 1 atom stereocenters. The topological polar surface area (TPSA) is 64.1 Å². The Morgan fingerprint density at radius 3 is 2.81 bits per heavy atom. The third-order valence-corrected chi connectivity index (χ3v) is 3.49. The molecule has 3 aromatic rings. The first-order valence-electron chi connectivity index (χ1n) is 7.17. The number of anilines is 2. The summed E-state index contributed by atoms with van der Waals surface area (Å²) >= 11 is 0. The number of aromatic nitrogens is 1. The summed E-state index contributed by atoms with van der Waals surface area (Å²) in [5.74, 6) is 0. The lowest BCUT2D eigenvalue weighted by Gasteiger charge is -2.11. The van der Waals surface area contributed by atoms with Gasteiger partial charge in [0.15, 0.2) is 5.58 Å². The summed E-state index contributed by atoms with van der Waals surface area (Å²) in [5.41, 5.74) is 9.32. The molecule has 0 fully saturated rings. The van der Waals surface area contributed by atoms with Gasteiger partial charge in [-0.1, -0.05) is 30.3 Å². The van der Waals surface area contributed by atoms with Crippen molar-refractivity contribution in [2.24, 2.45) is 0 Å². The van der Waals surface area contributed by atoms with Crippen molar-refractivity contribution in [3.63, 3.8) is 0 Å². The van der Waals surface area contributed by atoms with Crippen LogP contribution in [0.15, 0.2) is 52.9 Å². The summed E-state index contributed by atoms with van der Waals surface area (Å²) in [6, 6.07) is 16.8. The number of oxazole rings is 1. The fourth-order valence-corrected chi connectivity index (χ4v) is 2.32. The average molecular weight is 281 g/mol. The number of rotatable bonds is 5. The second kappa shape index (κ2) is 5.87. The molecule has 3 rings (SSSR count). The highest BCUT2D eigenvalue weighted by Gasteiger charge is 2.09. The van der Waals surface area contributed by atoms with E-state index in [-0.39, 0.29) is 6.04 Å². The first-order valence-corrected chi connectivity index (χ1v) is 7.17. The monoisotopic (exact) mass is 281 g/mol. The zero-order chi connectivity index (χ0) is 14.7. The molecule has 0 saturated carbocycles. The highest BCUT2D eigenvalue weighted by Crippen LogP contribution is 2.21. The minimum Gasteiger partial charge on any atom is -0.424 e. The first kappa shape index (κ1) is 13.5. The van der Waals surface area contributed by atoms with E-state index in [9.17, 15) is 0 Å². The molecule has 0 spiro atoms. The van der Waals surface area contributed by atoms with Gasteiger partial charge in [0, 0.05) is 11.7 Å². The fourth-order valence-electron chi connectivity index (χ4n) is 2.32. The van der Waals surface area contributed by atoms with Gasteiger partial charge >= 0.3 is 0 Å². The Morgan fingerprint density at radius 1 is 1.19 bits per heavy atom. The number of benzene rings is 2. The minimum atomic E-state index is 0.288. The van der Waals surface area contributed by atoms with Crippen molar-refractivity contribution in [1.29, 1.82) is 0 Å². The second-order valence-corrected chi connectivity index (χ2v) is 5.32. The molecule has 0 radical (unpaired) electrons. The van der Waals surface area contributed by atoms with Gasteiger partial charge in [0.2, 0.25) is 0 Å². The van der Waals surface area contributed by atoms with Crippen LogP contribution in [0.5, 0.6) is 0 Å². The number of hydrogen-bond acceptors (Lipinski definition) is 4. The lowest BCUT2D eigenvalue weighted by atomic mass is 10.1. The summed E-state index contributed by atoms with van der Waals surface area (Å²) in [5, 5.41) is 3.30. The van der Waals surface area contributed by atoms with Crippen molar-refractivity contribution < 1.29 is 4.42 Å². The van der Waals surface area contributed by atoms with Gasteiger partial charge in [0.05, 0.1) is 0 Å². The third-order valence-electron chi connectivity index (χ3n) is 3.49. The van der Waals surface area contributed by atoms with Crippen molar-refractivity contribution >= 4 is 22.8 Å². The van der Waals surface area contributed by atoms with Crippen LogP contribution in [0, 0.1) is 0 Å². The Balaban J connectivity index is 1.62. The normalized spacial score (nSPS) is 12.4. The van der Waals surface area contributed by atoms with E-state index in [1.807, 2.05) is 24.3 Å². The Labute approximate surface area is 124 Å². The van der Waals surface area contributed by atoms with E-state index < -0.39 is 0 Å². The number of nitrogens with zero attached hydrogens (tertiary/aromatic N) is 1. The third kappa shape index (κ3) is 3.34. The van der Waals surface area contributed by atoms with E-state index in [4.69, 9.17) is 10.2 Å². The van der Waals surface area contributed by atoms with Crippen LogP contribution in [0.1, 0.15) is 18.9 Å². The Morgan fingerprint density at radius 2 is 2.00 bits per heavy atom. The summed E-state index contributed by atoms with van der Waals surface area (Å²) in [7, 11) is 0. The van der Waals surface area contributed by atoms with Gasteiger partial charge in [-0.2, -0.15) is 4.98 Å². The molecule has 0 aliphatic rings. The zero-order valence-corrected chi connectivity index (χ0v) is 12.0. The molecule has 0 aliphatic carbocycles. The van der Waals surface area contributed by atoms with Crippen molar-refractivity contribution in [1.82, 2.24) is 4.98 Å². The van der Waals surface area contributed by atoms with E-state index in [0.717, 1.165) is 23.9 Å². The van der Waals surface area contributed by atoms with E-state index >= 15 is 0 Å². The van der Waals surface area contributed by atoms with E-state index in [1.165, 1.54) is 5.56 Å². The van der Waals surface area contributed by atoms with Crippen LogP contribution >= 0.6 is 0 Å². The molecule has 0 bridgehead atoms. The number of hydrogen-bond donors (Lipinski definition) is 2. The van der Waals surface area contributed by atoms with Crippen LogP contribution < -0.4 is 11.1 Å². The highest BCUT2D eigenvalue weighted by atomic mass is 16.4. The molecule has 0 aliphatic heterocycles. The molecule has 0 amide bonds. The molecular weight excluding hydrogens is 262 g/mol. The predicted octanol–water partition coefficient (Wildman–Crippen LogP) is 3.84. The SMILES string of the molecule is CC(CCc1ccccc1)Nc1nc2cc(N)ccc2o1. The minimum absolute atomic E-state index is 0.288. The van der Waals surface area contributed by atoms with Crippen LogP contribution in [-0.4, -0.2) is 11.0 Å². The Hall–Kier alpha value is -2.49. The highest BCUT2D eigenvalue weighted by molar-refractivity contribution is 5.78. The lowest BCUT2D eigenvalue weighted by Crippen LogP contribution is -2.16. The maximum Gasteiger partial charge on any atom is 0.295 e. The van der Waals surface area contributed by atoms with E-state index in [2.05, 4.69) is 41.5 Å². The number of nitrogens with one attached hydrogen (secondary N) is 1. The van der Waals surface area contributed by atoms with Gasteiger partial charge in [-0.3, -0.25) is 0 Å². The molecule has 4 heteroatoms. The lowest BCUT2D eigenvalue weighted by molar-refractivity contribution is 0.589. The molecule has 1 aromatic heterocycles. The zero-order valence-electron chi connectivity index (χ0n) is 12.0. The summed E-state index contributed by atoms with van der Waals surface area (Å²) < 4.78 is 5.67. The number of nitrogens with two attached hydrogens (primary N) is 1. The number of aryl methyl sites for hydroxylation is 1. The van der Waals surface area contributed by atoms with Crippen molar-refractivity contribution in [2.75, 3.05) is 11.1 Å². The summed E-state index contributed by atoms with van der Waals surface area (Å²) in [6.45, 7) is 2.13. The molecule has 1 unspecified atom stereocenters. The molecule has 108 valence electrons. The average Bonchev–Trinajstić information content (AvgIpc) is 2.87. The quantitative estimate of drug-likeness (QED) is 0.697. The van der Waals surface area contributed by atoms with Crippen LogP contribution in [-0.2, 0) is 6.42 Å². The summed E-state index contributed by atoms with van der Waals surface area (Å²) in [6.07, 6.45) is 2.05. The van der Waals surface area contributed by atoms with Crippen molar-refractivity contribution in [3.05, 3.63) is 54.1 Å². The van der Waals surface area contributed by atoms with Crippen LogP contribution in [0.4, 0.5) is 11.7 Å². The second-order valence-electron chi connectivity index (χ2n) is 5.32. The molecule has 1 heterocycles. The van der Waals surface area contributed by atoms with Crippen LogP contribution in [0.25, 0.3) is 11.1 Å². The van der Waals surface area contributed by atoms with Crippen LogP contribution in [0.3, 0.4) is 0 Å². The number of fused-ring (bicyclic) bond motifs is 1. The predicted molar refractivity (Wildman–Crippen MR) is 86.3 cm³/mol. The number of nitrogen functional groups attached to an aromatic ring is 1. The summed E-state index contributed by atoms with van der Waals surface area (Å²) in [4.78, 5) is 4.41. The molecule has 3 N–H and O–H groups in total. The molecule has 2 aromatic carbocycles. The van der Waals surface area contributed by atoms with Crippen LogP contribution in [0.2, 0.25) is 0 Å². The Bertz CT molecular complexity index is 721. The van der Waals surface area contributed by atoms with Crippen molar-refractivity contribution in [3.8, 4) is 0 Å². The van der Waals surface area contributed by atoms with Gasteiger partial charge < -0.3 is 15.5 Å². The van der Waals surface area contributed by atoms with Gasteiger partial charge in [-0.05, 0) is 43.5 Å². The molecule has 4 nitrogen and oxygen atoms in total. The van der Waals surface area contributed by atoms with Gasteiger partial charge in [0.25, 0.3) is 6.01 Å². The molecule has 0 saturated heterocycles. The van der Waals surface area contributed by atoms with Crippen molar-refractivity contribution in [2.45, 2.75) is 25.8 Å². The molecular formula is C17H19N3O. The fraction of sp³-hybridized carbons (Fsp3) is 0.235. The first-order chi connectivity index (χ1) is 10.2. The van der Waals surface area contributed by atoms with Gasteiger partial charge in [-0.25, -0.2) is 0 Å².